The van der Waals surface area contributed by atoms with Crippen molar-refractivity contribution in [2.24, 2.45) is 5.92 Å². The third kappa shape index (κ3) is 4.33. The van der Waals surface area contributed by atoms with Crippen LogP contribution in [0.2, 0.25) is 0 Å². The van der Waals surface area contributed by atoms with Crippen molar-refractivity contribution in [3.05, 3.63) is 35.4 Å². The van der Waals surface area contributed by atoms with Gasteiger partial charge in [0.1, 0.15) is 0 Å². The normalized spacial score (nSPS) is 18.5. The third-order valence-corrected chi connectivity index (χ3v) is 4.22. The fourth-order valence-corrected chi connectivity index (χ4v) is 3.21. The highest BCUT2D eigenvalue weighted by atomic mass is 16.4. The summed E-state index contributed by atoms with van der Waals surface area (Å²) in [5.74, 6) is -0.258. The zero-order chi connectivity index (χ0) is 16.1. The molecule has 1 atom stereocenters. The SMILES string of the molecule is CC(C)CC1CCCCN1C(=O)Cc1cccc(C(=O)O)c1. The van der Waals surface area contributed by atoms with Crippen LogP contribution in [0.25, 0.3) is 0 Å². The minimum Gasteiger partial charge on any atom is -0.478 e. The van der Waals surface area contributed by atoms with Gasteiger partial charge in [-0.2, -0.15) is 0 Å². The number of benzene rings is 1. The van der Waals surface area contributed by atoms with Gasteiger partial charge in [-0.3, -0.25) is 4.79 Å². The average molecular weight is 303 g/mol. The number of hydrogen-bond donors (Lipinski definition) is 1. The Labute approximate surface area is 132 Å². The molecule has 22 heavy (non-hydrogen) atoms. The van der Waals surface area contributed by atoms with Crippen molar-refractivity contribution in [3.63, 3.8) is 0 Å². The predicted octanol–water partition coefficient (Wildman–Crippen LogP) is 3.35. The molecule has 1 heterocycles. The largest absolute Gasteiger partial charge is 0.478 e. The number of likely N-dealkylation sites (tertiary alicyclic amines) is 1. The smallest absolute Gasteiger partial charge is 0.335 e. The highest BCUT2D eigenvalue weighted by Gasteiger charge is 2.27. The fourth-order valence-electron chi connectivity index (χ4n) is 3.21. The molecule has 1 amide bonds. The number of rotatable bonds is 5. The van der Waals surface area contributed by atoms with Crippen LogP contribution in [0.3, 0.4) is 0 Å². The van der Waals surface area contributed by atoms with Gasteiger partial charge in [0.05, 0.1) is 12.0 Å². The first-order chi connectivity index (χ1) is 10.5. The summed E-state index contributed by atoms with van der Waals surface area (Å²) >= 11 is 0. The summed E-state index contributed by atoms with van der Waals surface area (Å²) in [4.78, 5) is 25.6. The average Bonchev–Trinajstić information content (AvgIpc) is 2.47. The Bertz CT molecular complexity index is 539. The van der Waals surface area contributed by atoms with Gasteiger partial charge >= 0.3 is 5.97 Å². The number of hydrogen-bond acceptors (Lipinski definition) is 2. The van der Waals surface area contributed by atoms with E-state index < -0.39 is 5.97 Å². The molecule has 2 rings (SSSR count). The zero-order valence-corrected chi connectivity index (χ0v) is 13.4. The van der Waals surface area contributed by atoms with Gasteiger partial charge in [0.2, 0.25) is 5.91 Å². The van der Waals surface area contributed by atoms with Gasteiger partial charge in [0.25, 0.3) is 0 Å². The van der Waals surface area contributed by atoms with Crippen LogP contribution >= 0.6 is 0 Å². The second-order valence-electron chi connectivity index (χ2n) is 6.55. The Morgan fingerprint density at radius 2 is 2.09 bits per heavy atom. The molecule has 1 N–H and O–H groups in total. The number of amides is 1. The molecule has 4 nitrogen and oxygen atoms in total. The molecule has 0 bridgehead atoms. The molecule has 1 unspecified atom stereocenters. The maximum absolute atomic E-state index is 12.6. The van der Waals surface area contributed by atoms with E-state index in [4.69, 9.17) is 5.11 Å². The summed E-state index contributed by atoms with van der Waals surface area (Å²) in [7, 11) is 0. The Hall–Kier alpha value is -1.84. The van der Waals surface area contributed by atoms with Crippen LogP contribution in [0, 0.1) is 5.92 Å². The van der Waals surface area contributed by atoms with Gasteiger partial charge in [-0.25, -0.2) is 4.79 Å². The van der Waals surface area contributed by atoms with E-state index in [0.29, 0.717) is 12.0 Å². The van der Waals surface area contributed by atoms with E-state index in [1.807, 2.05) is 11.0 Å². The van der Waals surface area contributed by atoms with E-state index in [1.165, 1.54) is 6.42 Å². The summed E-state index contributed by atoms with van der Waals surface area (Å²) in [6.07, 6.45) is 4.67. The highest BCUT2D eigenvalue weighted by molar-refractivity contribution is 5.88. The summed E-state index contributed by atoms with van der Waals surface area (Å²) < 4.78 is 0. The van der Waals surface area contributed by atoms with Gasteiger partial charge in [-0.1, -0.05) is 26.0 Å². The van der Waals surface area contributed by atoms with Crippen molar-refractivity contribution in [3.8, 4) is 0 Å². The molecule has 1 fully saturated rings. The molecule has 1 aliphatic rings. The third-order valence-electron chi connectivity index (χ3n) is 4.22. The first kappa shape index (κ1) is 16.5. The number of carbonyl (C=O) groups is 2. The van der Waals surface area contributed by atoms with Crippen LogP contribution in [0.1, 0.15) is 55.5 Å². The van der Waals surface area contributed by atoms with Crippen molar-refractivity contribution in [2.45, 2.75) is 52.0 Å². The molecular weight excluding hydrogens is 278 g/mol. The van der Waals surface area contributed by atoms with Crippen molar-refractivity contribution < 1.29 is 14.7 Å². The van der Waals surface area contributed by atoms with Crippen LogP contribution in [-0.2, 0) is 11.2 Å². The standard InChI is InChI=1S/C18H25NO3/c1-13(2)10-16-8-3-4-9-19(16)17(20)12-14-6-5-7-15(11-14)18(21)22/h5-7,11,13,16H,3-4,8-10,12H2,1-2H3,(H,21,22). The Balaban J connectivity index is 2.06. The maximum atomic E-state index is 12.6. The van der Waals surface area contributed by atoms with Crippen LogP contribution < -0.4 is 0 Å². The van der Waals surface area contributed by atoms with Crippen LogP contribution in [-0.4, -0.2) is 34.5 Å². The lowest BCUT2D eigenvalue weighted by Gasteiger charge is -2.37. The lowest BCUT2D eigenvalue weighted by Crippen LogP contribution is -2.45. The molecule has 4 heteroatoms. The summed E-state index contributed by atoms with van der Waals surface area (Å²) in [5.41, 5.74) is 1.02. The van der Waals surface area contributed by atoms with Crippen LogP contribution in [0.5, 0.6) is 0 Å². The quantitative estimate of drug-likeness (QED) is 0.907. The molecule has 1 aromatic rings. The topological polar surface area (TPSA) is 57.6 Å². The van der Waals surface area contributed by atoms with Crippen molar-refractivity contribution >= 4 is 11.9 Å². The van der Waals surface area contributed by atoms with Gasteiger partial charge in [-0.05, 0) is 49.3 Å². The van der Waals surface area contributed by atoms with E-state index >= 15 is 0 Å². The number of carboxylic acids is 1. The molecule has 0 aliphatic carbocycles. The van der Waals surface area contributed by atoms with E-state index in [0.717, 1.165) is 31.4 Å². The number of aromatic carboxylic acids is 1. The van der Waals surface area contributed by atoms with Gasteiger partial charge < -0.3 is 10.0 Å². The molecule has 120 valence electrons. The molecule has 0 radical (unpaired) electrons. The van der Waals surface area contributed by atoms with E-state index in [2.05, 4.69) is 13.8 Å². The van der Waals surface area contributed by atoms with E-state index in [-0.39, 0.29) is 17.9 Å². The number of nitrogens with zero attached hydrogens (tertiary/aromatic N) is 1. The Morgan fingerprint density at radius 3 is 2.77 bits per heavy atom. The summed E-state index contributed by atoms with van der Waals surface area (Å²) in [5, 5.41) is 9.04. The van der Waals surface area contributed by atoms with Crippen molar-refractivity contribution in [1.29, 1.82) is 0 Å². The maximum Gasteiger partial charge on any atom is 0.335 e. The lowest BCUT2D eigenvalue weighted by atomic mass is 9.93. The summed E-state index contributed by atoms with van der Waals surface area (Å²) in [6.45, 7) is 5.20. The van der Waals surface area contributed by atoms with Crippen molar-refractivity contribution in [1.82, 2.24) is 4.90 Å². The first-order valence-electron chi connectivity index (χ1n) is 8.09. The molecular formula is C18H25NO3. The van der Waals surface area contributed by atoms with E-state index in [1.54, 1.807) is 18.2 Å². The minimum atomic E-state index is -0.954. The van der Waals surface area contributed by atoms with Crippen LogP contribution in [0.15, 0.2) is 24.3 Å². The second kappa shape index (κ2) is 7.43. The monoisotopic (exact) mass is 303 g/mol. The number of carbonyl (C=O) groups excluding carboxylic acids is 1. The number of piperidine rings is 1. The van der Waals surface area contributed by atoms with Gasteiger partial charge in [0.15, 0.2) is 0 Å². The Morgan fingerprint density at radius 1 is 1.32 bits per heavy atom. The molecule has 0 saturated carbocycles. The zero-order valence-electron chi connectivity index (χ0n) is 13.4. The molecule has 1 aliphatic heterocycles. The molecule has 0 spiro atoms. The highest BCUT2D eigenvalue weighted by Crippen LogP contribution is 2.23. The molecule has 1 aromatic carbocycles. The number of carboxylic acid groups (broad SMARTS) is 1. The first-order valence-corrected chi connectivity index (χ1v) is 8.09. The van der Waals surface area contributed by atoms with Crippen molar-refractivity contribution in [2.75, 3.05) is 6.54 Å². The molecule has 1 saturated heterocycles. The predicted molar refractivity (Wildman–Crippen MR) is 85.9 cm³/mol. The van der Waals surface area contributed by atoms with Gasteiger partial charge in [0, 0.05) is 12.6 Å². The second-order valence-corrected chi connectivity index (χ2v) is 6.55. The van der Waals surface area contributed by atoms with Gasteiger partial charge in [-0.15, -0.1) is 0 Å². The minimum absolute atomic E-state index is 0.118. The van der Waals surface area contributed by atoms with Crippen LogP contribution in [0.4, 0.5) is 0 Å². The lowest BCUT2D eigenvalue weighted by molar-refractivity contribution is -0.134. The molecule has 0 aromatic heterocycles. The Kier molecular flexibility index (Phi) is 5.58. The summed E-state index contributed by atoms with van der Waals surface area (Å²) in [6, 6.07) is 7.02. The fraction of sp³-hybridized carbons (Fsp3) is 0.556. The van der Waals surface area contributed by atoms with E-state index in [9.17, 15) is 9.59 Å².